The van der Waals surface area contributed by atoms with Crippen LogP contribution in [0.25, 0.3) is 0 Å². The molecule has 0 bridgehead atoms. The van der Waals surface area contributed by atoms with Crippen LogP contribution in [0.2, 0.25) is 0 Å². The van der Waals surface area contributed by atoms with Gasteiger partial charge < -0.3 is 14.5 Å². The Morgan fingerprint density at radius 2 is 1.77 bits per heavy atom. The number of carbonyl (C=O) groups is 1. The first kappa shape index (κ1) is 20.0. The summed E-state index contributed by atoms with van der Waals surface area (Å²) in [6.45, 7) is 5.56. The lowest BCUT2D eigenvalue weighted by molar-refractivity contribution is 0.0921. The number of benzene rings is 1. The summed E-state index contributed by atoms with van der Waals surface area (Å²) < 4.78 is 37.2. The molecule has 1 aromatic carbocycles. The molecular formula is C18H24N2O5S. The topological polar surface area (TPSA) is 97.6 Å². The largest absolute Gasteiger partial charge is 0.497 e. The number of hydrogen-bond donors (Lipinski definition) is 2. The van der Waals surface area contributed by atoms with E-state index >= 15 is 0 Å². The van der Waals surface area contributed by atoms with E-state index in [-0.39, 0.29) is 10.9 Å². The number of amides is 1. The number of nitrogens with one attached hydrogen (secondary N) is 2. The van der Waals surface area contributed by atoms with Crippen molar-refractivity contribution in [1.29, 1.82) is 0 Å². The number of carbonyl (C=O) groups excluding carboxylic acids is 1. The van der Waals surface area contributed by atoms with Crippen LogP contribution in [0.3, 0.4) is 0 Å². The molecular weight excluding hydrogens is 356 g/mol. The molecule has 0 atom stereocenters. The second-order valence-electron chi connectivity index (χ2n) is 6.83. The van der Waals surface area contributed by atoms with Crippen molar-refractivity contribution in [3.63, 3.8) is 0 Å². The summed E-state index contributed by atoms with van der Waals surface area (Å²) in [5.74, 6) is 0.260. The zero-order valence-electron chi connectivity index (χ0n) is 15.3. The Hall–Kier alpha value is -2.32. The minimum atomic E-state index is -3.81. The van der Waals surface area contributed by atoms with Crippen molar-refractivity contribution in [3.05, 3.63) is 47.7 Å². The van der Waals surface area contributed by atoms with Gasteiger partial charge >= 0.3 is 0 Å². The van der Waals surface area contributed by atoms with Crippen molar-refractivity contribution in [3.8, 4) is 5.75 Å². The standard InChI is InChI=1S/C18H24N2O5S/c1-18(2,3)20-26(22,23)16-10-9-15(25-16)17(21)19-12-11-13-5-7-14(24-4)8-6-13/h5-10,20H,11-12H2,1-4H3,(H,19,21). The fraction of sp³-hybridized carbons (Fsp3) is 0.389. The summed E-state index contributed by atoms with van der Waals surface area (Å²) in [6, 6.07) is 10.2. The maximum Gasteiger partial charge on any atom is 0.287 e. The number of furan rings is 1. The molecule has 2 aromatic rings. The van der Waals surface area contributed by atoms with Crippen LogP contribution in [-0.2, 0) is 16.4 Å². The first-order valence-electron chi connectivity index (χ1n) is 8.16. The van der Waals surface area contributed by atoms with Gasteiger partial charge in [-0.25, -0.2) is 13.1 Å². The lowest BCUT2D eigenvalue weighted by atomic mass is 10.1. The van der Waals surface area contributed by atoms with Crippen LogP contribution in [-0.4, -0.2) is 33.5 Å². The van der Waals surface area contributed by atoms with Crippen LogP contribution in [0.4, 0.5) is 0 Å². The third kappa shape index (κ3) is 5.60. The molecule has 0 saturated heterocycles. The van der Waals surface area contributed by atoms with E-state index < -0.39 is 21.5 Å². The molecule has 0 aliphatic rings. The molecule has 0 saturated carbocycles. The van der Waals surface area contributed by atoms with E-state index in [0.29, 0.717) is 13.0 Å². The van der Waals surface area contributed by atoms with Crippen molar-refractivity contribution in [2.75, 3.05) is 13.7 Å². The van der Waals surface area contributed by atoms with Crippen LogP contribution in [0.1, 0.15) is 36.9 Å². The van der Waals surface area contributed by atoms with E-state index in [1.807, 2.05) is 24.3 Å². The molecule has 2 rings (SSSR count). The third-order valence-corrected chi connectivity index (χ3v) is 5.00. The Bertz CT molecular complexity index is 848. The predicted molar refractivity (Wildman–Crippen MR) is 97.8 cm³/mol. The summed E-state index contributed by atoms with van der Waals surface area (Å²) in [5, 5.41) is 2.43. The number of sulfonamides is 1. The SMILES string of the molecule is COc1ccc(CCNC(=O)c2ccc(S(=O)(=O)NC(C)(C)C)o2)cc1. The Labute approximate surface area is 153 Å². The predicted octanol–water partition coefficient (Wildman–Crippen LogP) is 2.34. The minimum absolute atomic E-state index is 0.0472. The highest BCUT2D eigenvalue weighted by Crippen LogP contribution is 2.16. The highest BCUT2D eigenvalue weighted by atomic mass is 32.2. The Balaban J connectivity index is 1.93. The quantitative estimate of drug-likeness (QED) is 0.768. The van der Waals surface area contributed by atoms with Crippen LogP contribution in [0.5, 0.6) is 5.75 Å². The van der Waals surface area contributed by atoms with Crippen molar-refractivity contribution in [1.82, 2.24) is 10.0 Å². The van der Waals surface area contributed by atoms with Gasteiger partial charge in [0.05, 0.1) is 7.11 Å². The molecule has 1 heterocycles. The van der Waals surface area contributed by atoms with Crippen molar-refractivity contribution in [2.24, 2.45) is 0 Å². The van der Waals surface area contributed by atoms with Gasteiger partial charge in [-0.3, -0.25) is 4.79 Å². The van der Waals surface area contributed by atoms with Crippen molar-refractivity contribution in [2.45, 2.75) is 37.8 Å². The van der Waals surface area contributed by atoms with Crippen LogP contribution in [0, 0.1) is 0 Å². The van der Waals surface area contributed by atoms with Crippen LogP contribution >= 0.6 is 0 Å². The average Bonchev–Trinajstić information content (AvgIpc) is 3.04. The van der Waals surface area contributed by atoms with Gasteiger partial charge in [-0.1, -0.05) is 12.1 Å². The van der Waals surface area contributed by atoms with Gasteiger partial charge in [0.15, 0.2) is 5.76 Å². The van der Waals surface area contributed by atoms with Crippen molar-refractivity contribution < 1.29 is 22.4 Å². The molecule has 0 aliphatic carbocycles. The maximum atomic E-state index is 12.2. The zero-order chi connectivity index (χ0) is 19.4. The molecule has 0 unspecified atom stereocenters. The molecule has 0 aliphatic heterocycles. The van der Waals surface area contributed by atoms with E-state index in [9.17, 15) is 13.2 Å². The summed E-state index contributed by atoms with van der Waals surface area (Å²) >= 11 is 0. The number of rotatable bonds is 7. The molecule has 2 N–H and O–H groups in total. The fourth-order valence-corrected chi connectivity index (χ4v) is 3.59. The minimum Gasteiger partial charge on any atom is -0.497 e. The molecule has 1 amide bonds. The van der Waals surface area contributed by atoms with Gasteiger partial charge in [0.2, 0.25) is 5.09 Å². The normalized spacial score (nSPS) is 12.0. The molecule has 0 spiro atoms. The van der Waals surface area contributed by atoms with Gasteiger partial charge in [0.25, 0.3) is 15.9 Å². The molecule has 142 valence electrons. The average molecular weight is 380 g/mol. The molecule has 0 fully saturated rings. The van der Waals surface area contributed by atoms with E-state index in [4.69, 9.17) is 9.15 Å². The lowest BCUT2D eigenvalue weighted by Gasteiger charge is -2.18. The lowest BCUT2D eigenvalue weighted by Crippen LogP contribution is -2.40. The van der Waals surface area contributed by atoms with E-state index in [2.05, 4.69) is 10.0 Å². The first-order valence-corrected chi connectivity index (χ1v) is 9.64. The van der Waals surface area contributed by atoms with Gasteiger partial charge in [-0.15, -0.1) is 0 Å². The third-order valence-electron chi connectivity index (χ3n) is 3.37. The molecule has 26 heavy (non-hydrogen) atoms. The Morgan fingerprint density at radius 1 is 1.12 bits per heavy atom. The monoisotopic (exact) mass is 380 g/mol. The summed E-state index contributed by atoms with van der Waals surface area (Å²) in [6.07, 6.45) is 0.632. The van der Waals surface area contributed by atoms with Gasteiger partial charge in [0, 0.05) is 12.1 Å². The second kappa shape index (κ2) is 7.92. The molecule has 8 heteroatoms. The second-order valence-corrected chi connectivity index (χ2v) is 8.44. The molecule has 7 nitrogen and oxygen atoms in total. The fourth-order valence-electron chi connectivity index (χ4n) is 2.24. The van der Waals surface area contributed by atoms with E-state index in [1.54, 1.807) is 27.9 Å². The molecule has 1 aromatic heterocycles. The number of hydrogen-bond acceptors (Lipinski definition) is 5. The van der Waals surface area contributed by atoms with E-state index in [0.717, 1.165) is 11.3 Å². The van der Waals surface area contributed by atoms with Crippen LogP contribution in [0.15, 0.2) is 45.9 Å². The highest BCUT2D eigenvalue weighted by molar-refractivity contribution is 7.89. The number of ether oxygens (including phenoxy) is 1. The summed E-state index contributed by atoms with van der Waals surface area (Å²) in [5.41, 5.74) is 0.398. The summed E-state index contributed by atoms with van der Waals surface area (Å²) in [7, 11) is -2.21. The van der Waals surface area contributed by atoms with E-state index in [1.165, 1.54) is 12.1 Å². The van der Waals surface area contributed by atoms with Crippen LogP contribution < -0.4 is 14.8 Å². The number of methoxy groups -OCH3 is 1. The van der Waals surface area contributed by atoms with Gasteiger partial charge in [-0.2, -0.15) is 0 Å². The van der Waals surface area contributed by atoms with Crippen molar-refractivity contribution >= 4 is 15.9 Å². The maximum absolute atomic E-state index is 12.2. The summed E-state index contributed by atoms with van der Waals surface area (Å²) in [4.78, 5) is 12.1. The Kier molecular flexibility index (Phi) is 6.09. The Morgan fingerprint density at radius 3 is 2.35 bits per heavy atom. The highest BCUT2D eigenvalue weighted by Gasteiger charge is 2.26. The smallest absolute Gasteiger partial charge is 0.287 e. The molecule has 0 radical (unpaired) electrons. The zero-order valence-corrected chi connectivity index (χ0v) is 16.1. The van der Waals surface area contributed by atoms with Gasteiger partial charge in [0.1, 0.15) is 5.75 Å². The first-order chi connectivity index (χ1) is 12.1. The van der Waals surface area contributed by atoms with Gasteiger partial charge in [-0.05, 0) is 57.0 Å².